The molecular formula is C21H22N2O3. The first-order chi connectivity index (χ1) is 12.6. The second-order valence-electron chi connectivity index (χ2n) is 6.24. The first-order valence-electron chi connectivity index (χ1n) is 8.59. The summed E-state index contributed by atoms with van der Waals surface area (Å²) in [5.41, 5.74) is 3.52. The number of rotatable bonds is 4. The van der Waals surface area contributed by atoms with Crippen molar-refractivity contribution in [1.29, 1.82) is 0 Å². The van der Waals surface area contributed by atoms with Crippen LogP contribution in [0.2, 0.25) is 0 Å². The number of hydrogen-bond donors (Lipinski definition) is 1. The molecule has 0 aliphatic carbocycles. The molecule has 0 fully saturated rings. The number of amides is 2. The van der Waals surface area contributed by atoms with Crippen LogP contribution in [0, 0.1) is 0 Å². The highest BCUT2D eigenvalue weighted by atomic mass is 16.5. The van der Waals surface area contributed by atoms with Crippen LogP contribution in [0.3, 0.4) is 0 Å². The van der Waals surface area contributed by atoms with Gasteiger partial charge in [-0.1, -0.05) is 18.7 Å². The Morgan fingerprint density at radius 3 is 2.81 bits per heavy atom. The van der Waals surface area contributed by atoms with Gasteiger partial charge in [0.1, 0.15) is 5.75 Å². The van der Waals surface area contributed by atoms with Gasteiger partial charge in [-0.05, 0) is 60.4 Å². The molecule has 0 radical (unpaired) electrons. The number of carbonyl (C=O) groups excluding carboxylic acids is 2. The fourth-order valence-corrected chi connectivity index (χ4v) is 3.14. The molecule has 1 aliphatic rings. The van der Waals surface area contributed by atoms with Crippen LogP contribution in [0.25, 0.3) is 0 Å². The molecule has 2 aromatic rings. The molecule has 0 unspecified atom stereocenters. The summed E-state index contributed by atoms with van der Waals surface area (Å²) in [5.74, 6) is 0.504. The Balaban J connectivity index is 1.80. The molecule has 2 aromatic carbocycles. The molecular weight excluding hydrogens is 328 g/mol. The molecule has 0 saturated heterocycles. The number of carbonyl (C=O) groups is 2. The van der Waals surface area contributed by atoms with E-state index in [0.717, 1.165) is 24.2 Å². The largest absolute Gasteiger partial charge is 0.497 e. The van der Waals surface area contributed by atoms with Gasteiger partial charge in [0.2, 0.25) is 5.91 Å². The van der Waals surface area contributed by atoms with Gasteiger partial charge in [-0.2, -0.15) is 0 Å². The lowest BCUT2D eigenvalue weighted by Crippen LogP contribution is -2.30. The molecule has 134 valence electrons. The maximum Gasteiger partial charge on any atom is 0.254 e. The molecule has 5 nitrogen and oxygen atoms in total. The monoisotopic (exact) mass is 350 g/mol. The SMILES string of the molecule is C=CC(=O)Nc1cccc(C(=O)N2CCCc3cc(OC)ccc3C2)c1. The molecule has 0 atom stereocenters. The van der Waals surface area contributed by atoms with Crippen LogP contribution in [-0.4, -0.2) is 30.4 Å². The Bertz CT molecular complexity index is 845. The van der Waals surface area contributed by atoms with E-state index in [4.69, 9.17) is 4.74 Å². The van der Waals surface area contributed by atoms with Crippen molar-refractivity contribution in [2.24, 2.45) is 0 Å². The molecule has 1 aliphatic heterocycles. The maximum atomic E-state index is 13.0. The van der Waals surface area contributed by atoms with E-state index in [9.17, 15) is 9.59 Å². The zero-order valence-electron chi connectivity index (χ0n) is 14.8. The summed E-state index contributed by atoms with van der Waals surface area (Å²) < 4.78 is 5.30. The van der Waals surface area contributed by atoms with Gasteiger partial charge in [-0.25, -0.2) is 0 Å². The van der Waals surface area contributed by atoms with Gasteiger partial charge in [-0.3, -0.25) is 9.59 Å². The summed E-state index contributed by atoms with van der Waals surface area (Å²) in [4.78, 5) is 26.3. The van der Waals surface area contributed by atoms with E-state index in [1.165, 1.54) is 11.6 Å². The van der Waals surface area contributed by atoms with Gasteiger partial charge in [0, 0.05) is 24.3 Å². The number of fused-ring (bicyclic) bond motifs is 1. The topological polar surface area (TPSA) is 58.6 Å². The van der Waals surface area contributed by atoms with E-state index in [1.54, 1.807) is 31.4 Å². The third-order valence-corrected chi connectivity index (χ3v) is 4.50. The lowest BCUT2D eigenvalue weighted by molar-refractivity contribution is -0.111. The predicted octanol–water partition coefficient (Wildman–Crippen LogP) is 3.41. The fourth-order valence-electron chi connectivity index (χ4n) is 3.14. The van der Waals surface area contributed by atoms with Crippen molar-refractivity contribution in [3.05, 3.63) is 71.8 Å². The summed E-state index contributed by atoms with van der Waals surface area (Å²) in [7, 11) is 1.66. The molecule has 0 aromatic heterocycles. The Hall–Kier alpha value is -3.08. The zero-order valence-corrected chi connectivity index (χ0v) is 14.8. The standard InChI is InChI=1S/C21H22N2O3/c1-3-20(24)22-18-8-4-6-16(12-18)21(25)23-11-5-7-15-13-19(26-2)10-9-17(15)14-23/h3-4,6,8-10,12-13H,1,5,7,11,14H2,2H3,(H,22,24). The minimum absolute atomic E-state index is 0.0385. The number of aryl methyl sites for hydroxylation is 1. The smallest absolute Gasteiger partial charge is 0.254 e. The summed E-state index contributed by atoms with van der Waals surface area (Å²) in [6.07, 6.45) is 3.03. The molecule has 26 heavy (non-hydrogen) atoms. The number of hydrogen-bond acceptors (Lipinski definition) is 3. The van der Waals surface area contributed by atoms with Crippen LogP contribution in [0.5, 0.6) is 5.75 Å². The highest BCUT2D eigenvalue weighted by Crippen LogP contribution is 2.25. The van der Waals surface area contributed by atoms with Crippen molar-refractivity contribution in [2.45, 2.75) is 19.4 Å². The first-order valence-corrected chi connectivity index (χ1v) is 8.59. The summed E-state index contributed by atoms with van der Waals surface area (Å²) in [6.45, 7) is 4.70. The van der Waals surface area contributed by atoms with Crippen LogP contribution >= 0.6 is 0 Å². The second kappa shape index (κ2) is 7.87. The Morgan fingerprint density at radius 2 is 2.04 bits per heavy atom. The number of anilines is 1. The van der Waals surface area contributed by atoms with Crippen molar-refractivity contribution in [3.63, 3.8) is 0 Å². The summed E-state index contributed by atoms with van der Waals surface area (Å²) >= 11 is 0. The average Bonchev–Trinajstić information content (AvgIpc) is 2.89. The van der Waals surface area contributed by atoms with Gasteiger partial charge in [0.05, 0.1) is 7.11 Å². The van der Waals surface area contributed by atoms with Crippen LogP contribution in [0.15, 0.2) is 55.1 Å². The molecule has 2 amide bonds. The van der Waals surface area contributed by atoms with Gasteiger partial charge in [-0.15, -0.1) is 0 Å². The summed E-state index contributed by atoms with van der Waals surface area (Å²) in [5, 5.41) is 2.69. The third kappa shape index (κ3) is 3.94. The van der Waals surface area contributed by atoms with Crippen LogP contribution in [-0.2, 0) is 17.8 Å². The van der Waals surface area contributed by atoms with Crippen LogP contribution in [0.4, 0.5) is 5.69 Å². The van der Waals surface area contributed by atoms with Gasteiger partial charge in [0.15, 0.2) is 0 Å². The molecule has 0 saturated carbocycles. The average molecular weight is 350 g/mol. The predicted molar refractivity (Wildman–Crippen MR) is 101 cm³/mol. The van der Waals surface area contributed by atoms with Gasteiger partial charge < -0.3 is 15.0 Å². The number of nitrogens with zero attached hydrogens (tertiary/aromatic N) is 1. The van der Waals surface area contributed by atoms with E-state index in [-0.39, 0.29) is 11.8 Å². The normalized spacial score (nSPS) is 13.3. The van der Waals surface area contributed by atoms with Crippen molar-refractivity contribution in [2.75, 3.05) is 19.0 Å². The van der Waals surface area contributed by atoms with Crippen LogP contribution in [0.1, 0.15) is 27.9 Å². The molecule has 3 rings (SSSR count). The Labute approximate surface area is 153 Å². The van der Waals surface area contributed by atoms with E-state index in [0.29, 0.717) is 24.3 Å². The summed E-state index contributed by atoms with van der Waals surface area (Å²) in [6, 6.07) is 13.0. The minimum Gasteiger partial charge on any atom is -0.497 e. The molecule has 0 bridgehead atoms. The highest BCUT2D eigenvalue weighted by molar-refractivity contribution is 6.00. The Kier molecular flexibility index (Phi) is 5.37. The number of benzene rings is 2. The van der Waals surface area contributed by atoms with Crippen molar-refractivity contribution in [3.8, 4) is 5.75 Å². The minimum atomic E-state index is -0.299. The first kappa shape index (κ1) is 17.7. The number of nitrogens with one attached hydrogen (secondary N) is 1. The van der Waals surface area contributed by atoms with E-state index in [1.807, 2.05) is 17.0 Å². The molecule has 1 N–H and O–H groups in total. The van der Waals surface area contributed by atoms with Crippen molar-refractivity contribution in [1.82, 2.24) is 4.90 Å². The van der Waals surface area contributed by atoms with E-state index >= 15 is 0 Å². The van der Waals surface area contributed by atoms with Crippen LogP contribution < -0.4 is 10.1 Å². The third-order valence-electron chi connectivity index (χ3n) is 4.50. The van der Waals surface area contributed by atoms with E-state index < -0.39 is 0 Å². The quantitative estimate of drug-likeness (QED) is 0.860. The molecule has 0 spiro atoms. The van der Waals surface area contributed by atoms with Crippen molar-refractivity contribution >= 4 is 17.5 Å². The molecule has 5 heteroatoms. The Morgan fingerprint density at radius 1 is 1.19 bits per heavy atom. The zero-order chi connectivity index (χ0) is 18.5. The maximum absolute atomic E-state index is 13.0. The lowest BCUT2D eigenvalue weighted by atomic mass is 10.0. The van der Waals surface area contributed by atoms with E-state index in [2.05, 4.69) is 18.0 Å². The molecule has 1 heterocycles. The second-order valence-corrected chi connectivity index (χ2v) is 6.24. The van der Waals surface area contributed by atoms with Gasteiger partial charge in [0.25, 0.3) is 5.91 Å². The van der Waals surface area contributed by atoms with Gasteiger partial charge >= 0.3 is 0 Å². The highest BCUT2D eigenvalue weighted by Gasteiger charge is 2.21. The number of ether oxygens (including phenoxy) is 1. The lowest BCUT2D eigenvalue weighted by Gasteiger charge is -2.21. The van der Waals surface area contributed by atoms with Crippen molar-refractivity contribution < 1.29 is 14.3 Å². The number of methoxy groups -OCH3 is 1. The fraction of sp³-hybridized carbons (Fsp3) is 0.238.